The van der Waals surface area contributed by atoms with Crippen LogP contribution in [-0.4, -0.2) is 118 Å². The minimum absolute atomic E-state index is 0.00375. The summed E-state index contributed by atoms with van der Waals surface area (Å²) >= 11 is 0. The van der Waals surface area contributed by atoms with E-state index in [0.717, 1.165) is 0 Å². The van der Waals surface area contributed by atoms with Crippen LogP contribution < -0.4 is 85.0 Å². The number of anilines is 3. The van der Waals surface area contributed by atoms with Gasteiger partial charge in [0, 0.05) is 43.1 Å². The maximum atomic E-state index is 14.0. The first-order valence-electron chi connectivity index (χ1n) is 22.2. The number of methoxy groups -OCH3 is 3. The normalized spacial score (nSPS) is 11.7. The van der Waals surface area contributed by atoms with E-state index in [1.165, 1.54) is 82.9 Å². The summed E-state index contributed by atoms with van der Waals surface area (Å²) in [5, 5.41) is 46.1. The van der Waals surface area contributed by atoms with Gasteiger partial charge in [-0.05, 0) is 100 Å². The van der Waals surface area contributed by atoms with Gasteiger partial charge in [-0.25, -0.2) is 0 Å². The number of guanidine groups is 3. The largest absolute Gasteiger partial charge is 0.496 e. The van der Waals surface area contributed by atoms with Crippen molar-refractivity contribution in [2.75, 3.05) is 56.9 Å². The van der Waals surface area contributed by atoms with Crippen LogP contribution in [0.25, 0.3) is 0 Å². The van der Waals surface area contributed by atoms with E-state index in [2.05, 4.69) is 47.9 Å². The van der Waals surface area contributed by atoms with Gasteiger partial charge in [0.15, 0.2) is 17.9 Å². The van der Waals surface area contributed by atoms with Gasteiger partial charge in [0.05, 0.1) is 38.0 Å². The van der Waals surface area contributed by atoms with Crippen molar-refractivity contribution in [3.63, 3.8) is 0 Å². The molecule has 7 amide bonds. The van der Waals surface area contributed by atoms with E-state index in [1.54, 1.807) is 0 Å². The Balaban J connectivity index is 1.84. The van der Waals surface area contributed by atoms with Gasteiger partial charge in [0.1, 0.15) is 35.4 Å². The lowest BCUT2D eigenvalue weighted by Gasteiger charge is -2.21. The number of nitrogens with two attached hydrogens (primary N) is 4. The Morgan fingerprint density at radius 1 is 0.507 bits per heavy atom. The fourth-order valence-corrected chi connectivity index (χ4v) is 6.69. The lowest BCUT2D eigenvalue weighted by atomic mass is 10.1. The summed E-state index contributed by atoms with van der Waals surface area (Å²) in [6.45, 7) is 2.28. The minimum atomic E-state index is -1.24. The Bertz CT molecular complexity index is 2430. The predicted molar refractivity (Wildman–Crippen MR) is 266 cm³/mol. The third-order valence-corrected chi connectivity index (χ3v) is 10.3. The quantitative estimate of drug-likeness (QED) is 0.0257. The van der Waals surface area contributed by atoms with Crippen molar-refractivity contribution in [1.29, 1.82) is 16.2 Å². The highest BCUT2D eigenvalue weighted by Crippen LogP contribution is 2.26. The summed E-state index contributed by atoms with van der Waals surface area (Å²) in [5.41, 5.74) is 21.9. The van der Waals surface area contributed by atoms with Crippen LogP contribution in [-0.2, 0) is 19.2 Å². The third kappa shape index (κ3) is 19.0. The molecule has 0 aliphatic rings. The smallest absolute Gasteiger partial charge is 0.255 e. The maximum Gasteiger partial charge on any atom is 0.255 e. The molecule has 3 aromatic rings. The van der Waals surface area contributed by atoms with Crippen molar-refractivity contribution in [3.05, 3.63) is 71.3 Å². The van der Waals surface area contributed by atoms with E-state index in [-0.39, 0.29) is 120 Å². The van der Waals surface area contributed by atoms with Crippen LogP contribution in [0.4, 0.5) is 17.1 Å². The van der Waals surface area contributed by atoms with E-state index in [0.29, 0.717) is 19.4 Å². The minimum Gasteiger partial charge on any atom is -0.496 e. The zero-order valence-electron chi connectivity index (χ0n) is 39.9. The van der Waals surface area contributed by atoms with Crippen LogP contribution in [0.3, 0.4) is 0 Å². The zero-order valence-corrected chi connectivity index (χ0v) is 39.9. The van der Waals surface area contributed by atoms with Crippen LogP contribution in [0, 0.1) is 16.2 Å². The first-order chi connectivity index (χ1) is 33.8. The standard InChI is InChI=1S/C45H64N16O10/c1-24(56-36(62)11-5-6-18-53-43(47)48)38(64)57-26-13-16-34(70-3)29(22-26)39(65)61-32(10-8-20-55-45(51)52)42(68)59-27-14-17-35(71-4)30(23-27)40(66)60-31(9-7-19-54-44(49)50)41(67)58-25-12-15-33(69-2)28(21-25)37(46)63/h12-17,21-24,31-32H,5-11,18-20H2,1-4H3,(H2,46,63)(H,56,62)(H,57,64)(H,58,67)(H,59,68)(H,60,66)(H,61,65)(H4,47,48,53)(H4,49,50,54)(H4,51,52,55)/t24-,31-,32-/m0/s1. The van der Waals surface area contributed by atoms with Crippen molar-refractivity contribution in [2.24, 2.45) is 22.9 Å². The first-order valence-corrected chi connectivity index (χ1v) is 22.2. The zero-order chi connectivity index (χ0) is 52.6. The van der Waals surface area contributed by atoms with Gasteiger partial charge in [-0.2, -0.15) is 0 Å². The average molecular weight is 989 g/mol. The summed E-state index contributed by atoms with van der Waals surface area (Å²) in [6, 6.07) is 9.30. The van der Waals surface area contributed by atoms with Crippen molar-refractivity contribution >= 4 is 76.3 Å². The number of carbonyl (C=O) groups excluding carboxylic acids is 7. The van der Waals surface area contributed by atoms with Gasteiger partial charge in [-0.1, -0.05) is 0 Å². The van der Waals surface area contributed by atoms with Crippen molar-refractivity contribution in [3.8, 4) is 17.2 Å². The molecule has 3 rings (SSSR count). The molecule has 0 aliphatic heterocycles. The highest BCUT2D eigenvalue weighted by molar-refractivity contribution is 6.06. The fourth-order valence-electron chi connectivity index (χ4n) is 6.69. The fraction of sp³-hybridized carbons (Fsp3) is 0.378. The number of amides is 7. The molecule has 0 bridgehead atoms. The molecule has 26 heteroatoms. The molecule has 71 heavy (non-hydrogen) atoms. The molecule has 0 saturated carbocycles. The second-order valence-corrected chi connectivity index (χ2v) is 15.7. The van der Waals surface area contributed by atoms with E-state index in [9.17, 15) is 33.6 Å². The Morgan fingerprint density at radius 3 is 1.25 bits per heavy atom. The van der Waals surface area contributed by atoms with Gasteiger partial charge >= 0.3 is 0 Å². The Kier molecular flexibility index (Phi) is 22.7. The number of rotatable bonds is 28. The molecule has 26 nitrogen and oxygen atoms in total. The number of hydrogen-bond donors (Lipinski definition) is 16. The summed E-state index contributed by atoms with van der Waals surface area (Å²) in [5.74, 6) is -5.09. The first kappa shape index (κ1) is 56.5. The number of hydrogen-bond acceptors (Lipinski definition) is 13. The van der Waals surface area contributed by atoms with Gasteiger partial charge < -0.3 is 85.0 Å². The molecule has 0 spiro atoms. The number of carbonyl (C=O) groups is 7. The van der Waals surface area contributed by atoms with E-state index < -0.39 is 53.6 Å². The molecule has 0 fully saturated rings. The van der Waals surface area contributed by atoms with Crippen LogP contribution in [0.1, 0.15) is 82.9 Å². The number of benzene rings is 3. The second kappa shape index (κ2) is 28.5. The number of ether oxygens (including phenoxy) is 3. The summed E-state index contributed by atoms with van der Waals surface area (Å²) < 4.78 is 16.1. The molecule has 3 aromatic carbocycles. The molecule has 0 aliphatic carbocycles. The lowest BCUT2D eigenvalue weighted by Crippen LogP contribution is -2.45. The van der Waals surface area contributed by atoms with Crippen LogP contribution in [0.5, 0.6) is 17.2 Å². The van der Waals surface area contributed by atoms with Gasteiger partial charge in [-0.3, -0.25) is 49.8 Å². The van der Waals surface area contributed by atoms with Crippen molar-refractivity contribution in [2.45, 2.75) is 70.0 Å². The number of primary amides is 1. The van der Waals surface area contributed by atoms with Crippen LogP contribution >= 0.6 is 0 Å². The Labute approximate surface area is 409 Å². The average Bonchev–Trinajstić information content (AvgIpc) is 3.32. The van der Waals surface area contributed by atoms with Gasteiger partial charge in [-0.15, -0.1) is 0 Å². The Morgan fingerprint density at radius 2 is 0.873 bits per heavy atom. The molecule has 0 unspecified atom stereocenters. The molecular weight excluding hydrogens is 925 g/mol. The predicted octanol–water partition coefficient (Wildman–Crippen LogP) is -0.0914. The van der Waals surface area contributed by atoms with Crippen LogP contribution in [0.15, 0.2) is 54.6 Å². The molecule has 0 saturated heterocycles. The van der Waals surface area contributed by atoms with Gasteiger partial charge in [0.25, 0.3) is 17.7 Å². The molecule has 0 heterocycles. The van der Waals surface area contributed by atoms with E-state index in [1.807, 2.05) is 0 Å². The molecule has 0 aromatic heterocycles. The molecule has 3 atom stereocenters. The Hall–Kier alpha value is -8.84. The SMILES string of the molecule is COc1ccc(NC(=O)[C@H](CCCNC(=N)N)NC(=O)c2cc(NC(=O)[C@H](CCCNC(=N)N)NC(=O)c3cc(NC(=O)[C@H](C)NC(=O)CCCCNC(=N)N)ccc3OC)ccc2OC)cc1C(N)=O. The highest BCUT2D eigenvalue weighted by Gasteiger charge is 2.27. The second-order valence-electron chi connectivity index (χ2n) is 15.7. The summed E-state index contributed by atoms with van der Waals surface area (Å²) in [7, 11) is 4.00. The highest BCUT2D eigenvalue weighted by atomic mass is 16.5. The number of unbranched alkanes of at least 4 members (excludes halogenated alkanes) is 1. The van der Waals surface area contributed by atoms with Crippen LogP contribution in [0.2, 0.25) is 0 Å². The van der Waals surface area contributed by atoms with E-state index >= 15 is 0 Å². The van der Waals surface area contributed by atoms with Crippen molar-refractivity contribution in [1.82, 2.24) is 31.9 Å². The molecular formula is C45H64N16O10. The maximum absolute atomic E-state index is 14.0. The number of nitrogens with one attached hydrogen (secondary N) is 12. The molecule has 0 radical (unpaired) electrons. The lowest BCUT2D eigenvalue weighted by molar-refractivity contribution is -0.126. The molecule has 20 N–H and O–H groups in total. The summed E-state index contributed by atoms with van der Waals surface area (Å²) in [6.07, 6.45) is 1.79. The third-order valence-electron chi connectivity index (χ3n) is 10.3. The van der Waals surface area contributed by atoms with Gasteiger partial charge in [0.2, 0.25) is 23.6 Å². The van der Waals surface area contributed by atoms with E-state index in [4.69, 9.17) is 53.4 Å². The monoisotopic (exact) mass is 988 g/mol. The molecule has 384 valence electrons. The topological polar surface area (TPSA) is 431 Å². The summed E-state index contributed by atoms with van der Waals surface area (Å²) in [4.78, 5) is 93.3. The van der Waals surface area contributed by atoms with Crippen molar-refractivity contribution < 1.29 is 47.8 Å².